The Balaban J connectivity index is 1.56. The maximum atomic E-state index is 4.99. The Hall–Kier alpha value is -2.21. The van der Waals surface area contributed by atoms with Crippen LogP contribution in [0.15, 0.2) is 54.6 Å². The highest BCUT2D eigenvalue weighted by Crippen LogP contribution is 2.45. The number of para-hydroxylation sites is 1. The lowest BCUT2D eigenvalue weighted by Gasteiger charge is -2.25. The third kappa shape index (κ3) is 3.34. The number of nitrogens with one attached hydrogen (secondary N) is 1. The summed E-state index contributed by atoms with van der Waals surface area (Å²) in [6, 6.07) is 19.1. The zero-order chi connectivity index (χ0) is 18.9. The van der Waals surface area contributed by atoms with Crippen LogP contribution < -0.4 is 5.32 Å². The molecule has 2 aromatic carbocycles. The third-order valence-corrected chi connectivity index (χ3v) is 7.62. The molecule has 0 spiro atoms. The van der Waals surface area contributed by atoms with Gasteiger partial charge in [0.25, 0.3) is 0 Å². The van der Waals surface area contributed by atoms with Crippen LogP contribution in [0, 0.1) is 0 Å². The van der Waals surface area contributed by atoms with Crippen LogP contribution in [0.1, 0.15) is 22.9 Å². The Labute approximate surface area is 173 Å². The fourth-order valence-corrected chi connectivity index (χ4v) is 6.23. The van der Waals surface area contributed by atoms with Crippen molar-refractivity contribution in [1.82, 2.24) is 9.88 Å². The van der Waals surface area contributed by atoms with Gasteiger partial charge in [-0.05, 0) is 36.2 Å². The van der Waals surface area contributed by atoms with Crippen LogP contribution in [-0.4, -0.2) is 23.0 Å². The summed E-state index contributed by atoms with van der Waals surface area (Å²) in [5, 5.41) is 6.15. The maximum absolute atomic E-state index is 4.99. The van der Waals surface area contributed by atoms with E-state index in [1.165, 1.54) is 31.3 Å². The smallest absolute Gasteiger partial charge is 0.127 e. The first-order chi connectivity index (χ1) is 13.8. The zero-order valence-corrected chi connectivity index (χ0v) is 17.6. The lowest BCUT2D eigenvalue weighted by atomic mass is 10.0. The minimum Gasteiger partial charge on any atom is -0.372 e. The molecule has 3 heterocycles. The summed E-state index contributed by atoms with van der Waals surface area (Å²) in [7, 11) is 0. The SMILES string of the molecule is CCN1CCc2c(sc(NCc3ccccc3)c2-c2nc3ccccc3s2)C1. The van der Waals surface area contributed by atoms with E-state index in [2.05, 4.69) is 71.7 Å². The van der Waals surface area contributed by atoms with Gasteiger partial charge >= 0.3 is 0 Å². The average molecular weight is 406 g/mol. The molecule has 2 aromatic heterocycles. The number of thiophene rings is 1. The predicted molar refractivity (Wildman–Crippen MR) is 121 cm³/mol. The zero-order valence-electron chi connectivity index (χ0n) is 15.9. The fourth-order valence-electron chi connectivity index (χ4n) is 3.83. The molecule has 0 fully saturated rings. The summed E-state index contributed by atoms with van der Waals surface area (Å²) in [6.07, 6.45) is 1.11. The molecule has 3 nitrogen and oxygen atoms in total. The van der Waals surface area contributed by atoms with E-state index in [1.807, 2.05) is 22.7 Å². The van der Waals surface area contributed by atoms with Crippen LogP contribution >= 0.6 is 22.7 Å². The average Bonchev–Trinajstić information content (AvgIpc) is 3.32. The number of anilines is 1. The van der Waals surface area contributed by atoms with Crippen molar-refractivity contribution >= 4 is 37.9 Å². The Morgan fingerprint density at radius 2 is 1.86 bits per heavy atom. The molecule has 1 aliphatic heterocycles. The first-order valence-corrected chi connectivity index (χ1v) is 11.5. The second-order valence-electron chi connectivity index (χ2n) is 7.15. The second kappa shape index (κ2) is 7.66. The van der Waals surface area contributed by atoms with E-state index >= 15 is 0 Å². The van der Waals surface area contributed by atoms with Crippen molar-refractivity contribution in [2.45, 2.75) is 26.4 Å². The standard InChI is InChI=1S/C23H23N3S2/c1-2-26-13-12-17-20(15-26)28-22(24-14-16-8-4-3-5-9-16)21(17)23-25-18-10-6-7-11-19(18)27-23/h3-11,24H,2,12-15H2,1H3. The Bertz CT molecular complexity index is 1060. The van der Waals surface area contributed by atoms with Gasteiger partial charge in [0.1, 0.15) is 5.01 Å². The van der Waals surface area contributed by atoms with E-state index in [4.69, 9.17) is 4.98 Å². The Morgan fingerprint density at radius 1 is 1.04 bits per heavy atom. The highest BCUT2D eigenvalue weighted by atomic mass is 32.1. The van der Waals surface area contributed by atoms with Crippen LogP contribution in [0.2, 0.25) is 0 Å². The van der Waals surface area contributed by atoms with Crippen molar-refractivity contribution in [1.29, 1.82) is 0 Å². The molecule has 0 saturated heterocycles. The lowest BCUT2D eigenvalue weighted by Crippen LogP contribution is -2.29. The molecule has 0 unspecified atom stereocenters. The molecular weight excluding hydrogens is 382 g/mol. The highest BCUT2D eigenvalue weighted by molar-refractivity contribution is 7.22. The summed E-state index contributed by atoms with van der Waals surface area (Å²) < 4.78 is 1.26. The van der Waals surface area contributed by atoms with Gasteiger partial charge in [-0.25, -0.2) is 4.98 Å². The first-order valence-electron chi connectivity index (χ1n) is 9.82. The van der Waals surface area contributed by atoms with Crippen molar-refractivity contribution < 1.29 is 0 Å². The molecule has 5 heteroatoms. The number of fused-ring (bicyclic) bond motifs is 2. The summed E-state index contributed by atoms with van der Waals surface area (Å²) >= 11 is 3.73. The molecule has 0 saturated carbocycles. The molecule has 1 aliphatic rings. The number of nitrogens with zero attached hydrogens (tertiary/aromatic N) is 2. The van der Waals surface area contributed by atoms with Crippen LogP contribution in [0.4, 0.5) is 5.00 Å². The molecule has 0 amide bonds. The second-order valence-corrected chi connectivity index (χ2v) is 9.29. The van der Waals surface area contributed by atoms with E-state index < -0.39 is 0 Å². The molecule has 5 rings (SSSR count). The normalized spacial score (nSPS) is 14.3. The predicted octanol–water partition coefficient (Wildman–Crippen LogP) is 6.01. The molecular formula is C23H23N3S2. The number of thiazole rings is 1. The van der Waals surface area contributed by atoms with Gasteiger partial charge < -0.3 is 5.32 Å². The maximum Gasteiger partial charge on any atom is 0.127 e. The molecule has 1 N–H and O–H groups in total. The number of aromatic nitrogens is 1. The van der Waals surface area contributed by atoms with Gasteiger partial charge in [-0.1, -0.05) is 49.4 Å². The van der Waals surface area contributed by atoms with Crippen LogP contribution in [-0.2, 0) is 19.5 Å². The van der Waals surface area contributed by atoms with E-state index in [9.17, 15) is 0 Å². The summed E-state index contributed by atoms with van der Waals surface area (Å²) in [5.74, 6) is 0. The lowest BCUT2D eigenvalue weighted by molar-refractivity contribution is 0.272. The van der Waals surface area contributed by atoms with Gasteiger partial charge in [0.2, 0.25) is 0 Å². The number of likely N-dealkylation sites (N-methyl/N-ethyl adjacent to an activating group) is 1. The van der Waals surface area contributed by atoms with Crippen LogP contribution in [0.3, 0.4) is 0 Å². The highest BCUT2D eigenvalue weighted by Gasteiger charge is 2.26. The van der Waals surface area contributed by atoms with Crippen molar-refractivity contribution in [3.63, 3.8) is 0 Å². The van der Waals surface area contributed by atoms with Crippen LogP contribution in [0.25, 0.3) is 20.8 Å². The third-order valence-electron chi connectivity index (χ3n) is 5.39. The minimum absolute atomic E-state index is 0.843. The van der Waals surface area contributed by atoms with Gasteiger partial charge in [0, 0.05) is 30.1 Å². The van der Waals surface area contributed by atoms with Crippen LogP contribution in [0.5, 0.6) is 0 Å². The van der Waals surface area contributed by atoms with Crippen molar-refractivity contribution in [2.75, 3.05) is 18.4 Å². The van der Waals surface area contributed by atoms with Gasteiger partial charge in [0.15, 0.2) is 0 Å². The minimum atomic E-state index is 0.843. The van der Waals surface area contributed by atoms with Gasteiger partial charge in [0.05, 0.1) is 15.2 Å². The van der Waals surface area contributed by atoms with E-state index in [-0.39, 0.29) is 0 Å². The molecule has 142 valence electrons. The summed E-state index contributed by atoms with van der Waals surface area (Å²) in [4.78, 5) is 9.02. The van der Waals surface area contributed by atoms with Crippen molar-refractivity contribution in [3.05, 3.63) is 70.6 Å². The quantitative estimate of drug-likeness (QED) is 0.440. The van der Waals surface area contributed by atoms with Gasteiger partial charge in [-0.3, -0.25) is 4.90 Å². The molecule has 0 aliphatic carbocycles. The van der Waals surface area contributed by atoms with Crippen molar-refractivity contribution in [2.24, 2.45) is 0 Å². The monoisotopic (exact) mass is 405 g/mol. The Kier molecular flexibility index (Phi) is 4.89. The molecule has 0 atom stereocenters. The topological polar surface area (TPSA) is 28.2 Å². The molecule has 4 aromatic rings. The molecule has 0 bridgehead atoms. The largest absolute Gasteiger partial charge is 0.372 e. The number of rotatable bonds is 5. The van der Waals surface area contributed by atoms with E-state index in [0.717, 1.165) is 43.1 Å². The molecule has 0 radical (unpaired) electrons. The summed E-state index contributed by atoms with van der Waals surface area (Å²) in [5.41, 5.74) is 5.25. The number of benzene rings is 2. The van der Waals surface area contributed by atoms with Gasteiger partial charge in [-0.15, -0.1) is 22.7 Å². The van der Waals surface area contributed by atoms with E-state index in [0.29, 0.717) is 0 Å². The van der Waals surface area contributed by atoms with E-state index in [1.54, 1.807) is 0 Å². The molecule has 28 heavy (non-hydrogen) atoms. The fraction of sp³-hybridized carbons (Fsp3) is 0.261. The van der Waals surface area contributed by atoms with Gasteiger partial charge in [-0.2, -0.15) is 0 Å². The number of hydrogen-bond donors (Lipinski definition) is 1. The number of hydrogen-bond acceptors (Lipinski definition) is 5. The first kappa shape index (κ1) is 17.9. The summed E-state index contributed by atoms with van der Waals surface area (Å²) in [6.45, 7) is 6.40. The Morgan fingerprint density at radius 3 is 2.68 bits per heavy atom. The van der Waals surface area contributed by atoms with Crippen molar-refractivity contribution in [3.8, 4) is 10.6 Å².